The molecule has 8 nitrogen and oxygen atoms in total. The molecule has 1 aliphatic rings. The summed E-state index contributed by atoms with van der Waals surface area (Å²) in [7, 11) is 0. The van der Waals surface area contributed by atoms with Crippen LogP contribution in [0.1, 0.15) is 46.1 Å². The van der Waals surface area contributed by atoms with Crippen LogP contribution in [0.25, 0.3) is 0 Å². The first-order chi connectivity index (χ1) is 15.9. The van der Waals surface area contributed by atoms with Crippen LogP contribution in [-0.4, -0.2) is 37.2 Å². The van der Waals surface area contributed by atoms with Gasteiger partial charge in [0.15, 0.2) is 0 Å². The molecule has 0 radical (unpaired) electrons. The number of nitrogens with one attached hydrogen (secondary N) is 2. The number of carbonyl (C=O) groups is 3. The lowest BCUT2D eigenvalue weighted by Crippen LogP contribution is -2.32. The van der Waals surface area contributed by atoms with Crippen molar-refractivity contribution in [3.63, 3.8) is 0 Å². The molecule has 10 heteroatoms. The molecular formula is C23H24BrN3O5S. The molecule has 2 amide bonds. The number of esters is 1. The second-order valence-corrected chi connectivity index (χ2v) is 9.09. The molecule has 0 fully saturated rings. The number of benzene rings is 1. The fraction of sp³-hybridized carbons (Fsp3) is 0.304. The van der Waals surface area contributed by atoms with Gasteiger partial charge >= 0.3 is 17.8 Å². The monoisotopic (exact) mass is 533 g/mol. The molecular weight excluding hydrogens is 510 g/mol. The van der Waals surface area contributed by atoms with Crippen molar-refractivity contribution in [1.29, 1.82) is 0 Å². The first-order valence-electron chi connectivity index (χ1n) is 10.4. The highest BCUT2D eigenvalue weighted by Gasteiger charge is 2.28. The van der Waals surface area contributed by atoms with Gasteiger partial charge in [-0.1, -0.05) is 28.6 Å². The van der Waals surface area contributed by atoms with Gasteiger partial charge in [0.25, 0.3) is 0 Å². The van der Waals surface area contributed by atoms with Crippen molar-refractivity contribution in [3.8, 4) is 5.75 Å². The maximum absolute atomic E-state index is 12.5. The Morgan fingerprint density at radius 3 is 2.79 bits per heavy atom. The van der Waals surface area contributed by atoms with E-state index in [-0.39, 0.29) is 6.61 Å². The summed E-state index contributed by atoms with van der Waals surface area (Å²) in [5, 5.41) is 6.75. The van der Waals surface area contributed by atoms with Crippen molar-refractivity contribution in [2.24, 2.45) is 5.10 Å². The van der Waals surface area contributed by atoms with Gasteiger partial charge in [-0.3, -0.25) is 9.59 Å². The molecule has 0 spiro atoms. The smallest absolute Gasteiger partial charge is 0.341 e. The van der Waals surface area contributed by atoms with E-state index in [9.17, 15) is 14.4 Å². The standard InChI is InChI=1S/C23H24BrN3O5S/c1-3-11-32-17-10-9-15(24)12-14(17)13-25-27-21(29)20(28)26-22-19(23(30)31-4-2)16-7-5-6-8-18(16)33-22/h3,9-10,12-13H,1,4-8,11H2,2H3,(H,26,28)(H,27,29). The van der Waals surface area contributed by atoms with Gasteiger partial charge in [0.2, 0.25) is 0 Å². The van der Waals surface area contributed by atoms with Gasteiger partial charge in [-0.15, -0.1) is 11.3 Å². The maximum Gasteiger partial charge on any atom is 0.341 e. The molecule has 0 bridgehead atoms. The van der Waals surface area contributed by atoms with Crippen LogP contribution in [-0.2, 0) is 27.2 Å². The van der Waals surface area contributed by atoms with Gasteiger partial charge in [0.1, 0.15) is 17.4 Å². The lowest BCUT2D eigenvalue weighted by molar-refractivity contribution is -0.136. The van der Waals surface area contributed by atoms with E-state index in [4.69, 9.17) is 9.47 Å². The van der Waals surface area contributed by atoms with Crippen molar-refractivity contribution >= 4 is 56.3 Å². The first-order valence-corrected chi connectivity index (χ1v) is 12.0. The first kappa shape index (κ1) is 24.7. The number of aryl methyl sites for hydroxylation is 1. The van der Waals surface area contributed by atoms with Crippen LogP contribution < -0.4 is 15.5 Å². The van der Waals surface area contributed by atoms with Gasteiger partial charge in [0, 0.05) is 14.9 Å². The van der Waals surface area contributed by atoms with Crippen LogP contribution in [0.4, 0.5) is 5.00 Å². The largest absolute Gasteiger partial charge is 0.489 e. The van der Waals surface area contributed by atoms with Gasteiger partial charge in [-0.05, 0) is 56.4 Å². The summed E-state index contributed by atoms with van der Waals surface area (Å²) < 4.78 is 11.5. The molecule has 0 saturated carbocycles. The van der Waals surface area contributed by atoms with E-state index < -0.39 is 17.8 Å². The number of rotatable bonds is 8. The third-order valence-electron chi connectivity index (χ3n) is 4.78. The average molecular weight is 534 g/mol. The van der Waals surface area contributed by atoms with Gasteiger partial charge in [-0.2, -0.15) is 5.10 Å². The molecule has 174 valence electrons. The minimum Gasteiger partial charge on any atom is -0.489 e. The summed E-state index contributed by atoms with van der Waals surface area (Å²) >= 11 is 4.69. The Labute approximate surface area is 204 Å². The van der Waals surface area contributed by atoms with E-state index in [0.717, 1.165) is 40.6 Å². The van der Waals surface area contributed by atoms with Crippen molar-refractivity contribution < 1.29 is 23.9 Å². The van der Waals surface area contributed by atoms with E-state index in [1.807, 2.05) is 6.07 Å². The molecule has 0 unspecified atom stereocenters. The number of ether oxygens (including phenoxy) is 2. The molecule has 3 rings (SSSR count). The number of carbonyl (C=O) groups excluding carboxylic acids is 3. The summed E-state index contributed by atoms with van der Waals surface area (Å²) in [5.74, 6) is -1.83. The SMILES string of the molecule is C=CCOc1ccc(Br)cc1C=NNC(=O)C(=O)Nc1sc2c(c1C(=O)OCC)CCCC2. The second-order valence-electron chi connectivity index (χ2n) is 7.07. The number of hydrazone groups is 1. The van der Waals surface area contributed by atoms with Crippen molar-refractivity contribution in [2.45, 2.75) is 32.6 Å². The number of halogens is 1. The molecule has 0 aliphatic heterocycles. The highest BCUT2D eigenvalue weighted by Crippen LogP contribution is 2.38. The molecule has 0 atom stereocenters. The lowest BCUT2D eigenvalue weighted by Gasteiger charge is -2.12. The van der Waals surface area contributed by atoms with E-state index in [0.29, 0.717) is 28.5 Å². The van der Waals surface area contributed by atoms with E-state index >= 15 is 0 Å². The Kier molecular flexibility index (Phi) is 8.79. The topological polar surface area (TPSA) is 106 Å². The summed E-state index contributed by atoms with van der Waals surface area (Å²) in [5.41, 5.74) is 4.05. The third-order valence-corrected chi connectivity index (χ3v) is 6.48. The molecule has 0 saturated heterocycles. The van der Waals surface area contributed by atoms with Gasteiger partial charge in [0.05, 0.1) is 18.4 Å². The molecule has 1 heterocycles. The fourth-order valence-corrected chi connectivity index (χ4v) is 5.00. The Balaban J connectivity index is 1.70. The number of thiophene rings is 1. The summed E-state index contributed by atoms with van der Waals surface area (Å²) in [4.78, 5) is 38.3. The zero-order valence-corrected chi connectivity index (χ0v) is 20.5. The van der Waals surface area contributed by atoms with Gasteiger partial charge < -0.3 is 14.8 Å². The Bertz CT molecular complexity index is 1100. The Morgan fingerprint density at radius 2 is 2.03 bits per heavy atom. The highest BCUT2D eigenvalue weighted by molar-refractivity contribution is 9.10. The minimum absolute atomic E-state index is 0.222. The third kappa shape index (κ3) is 6.29. The van der Waals surface area contributed by atoms with E-state index in [1.54, 1.807) is 25.1 Å². The maximum atomic E-state index is 12.5. The fourth-order valence-electron chi connectivity index (χ4n) is 3.34. The van der Waals surface area contributed by atoms with Gasteiger partial charge in [-0.25, -0.2) is 10.2 Å². The zero-order valence-electron chi connectivity index (χ0n) is 18.1. The average Bonchev–Trinajstić information content (AvgIpc) is 3.16. The van der Waals surface area contributed by atoms with Crippen LogP contribution in [0.2, 0.25) is 0 Å². The van der Waals surface area contributed by atoms with Crippen LogP contribution in [0, 0.1) is 0 Å². The minimum atomic E-state index is -0.962. The number of fused-ring (bicyclic) bond motifs is 1. The van der Waals surface area contributed by atoms with Crippen molar-refractivity contribution in [2.75, 3.05) is 18.5 Å². The molecule has 2 aromatic rings. The second kappa shape index (κ2) is 11.8. The summed E-state index contributed by atoms with van der Waals surface area (Å²) in [6, 6.07) is 5.32. The summed E-state index contributed by atoms with van der Waals surface area (Å²) in [6.07, 6.45) is 6.56. The Morgan fingerprint density at radius 1 is 1.24 bits per heavy atom. The normalized spacial score (nSPS) is 12.7. The number of anilines is 1. The summed E-state index contributed by atoms with van der Waals surface area (Å²) in [6.45, 7) is 5.87. The van der Waals surface area contributed by atoms with Crippen LogP contribution in [0.15, 0.2) is 40.4 Å². The lowest BCUT2D eigenvalue weighted by atomic mass is 9.95. The molecule has 1 aromatic heterocycles. The predicted octanol–water partition coefficient (Wildman–Crippen LogP) is 4.22. The predicted molar refractivity (Wildman–Crippen MR) is 131 cm³/mol. The molecule has 2 N–H and O–H groups in total. The molecule has 1 aromatic carbocycles. The molecule has 1 aliphatic carbocycles. The number of hydrogen-bond acceptors (Lipinski definition) is 7. The molecule has 33 heavy (non-hydrogen) atoms. The van der Waals surface area contributed by atoms with E-state index in [1.165, 1.54) is 17.6 Å². The number of amides is 2. The quantitative estimate of drug-likeness (QED) is 0.174. The Hall–Kier alpha value is -2.98. The number of nitrogens with zero attached hydrogens (tertiary/aromatic N) is 1. The van der Waals surface area contributed by atoms with Crippen molar-refractivity contribution in [3.05, 3.63) is 56.9 Å². The zero-order chi connectivity index (χ0) is 23.8. The van der Waals surface area contributed by atoms with E-state index in [2.05, 4.69) is 38.4 Å². The van der Waals surface area contributed by atoms with Crippen LogP contribution in [0.5, 0.6) is 5.75 Å². The number of hydrogen-bond donors (Lipinski definition) is 2. The highest BCUT2D eigenvalue weighted by atomic mass is 79.9. The van der Waals surface area contributed by atoms with Crippen LogP contribution in [0.3, 0.4) is 0 Å². The van der Waals surface area contributed by atoms with Crippen LogP contribution >= 0.6 is 27.3 Å². The van der Waals surface area contributed by atoms with Crippen molar-refractivity contribution in [1.82, 2.24) is 5.43 Å².